The second kappa shape index (κ2) is 6.84. The molecule has 2 N–H and O–H groups in total. The maximum absolute atomic E-state index is 11.7. The average molecular weight is 275 g/mol. The Kier molecular flexibility index (Phi) is 5.75. The Bertz CT molecular complexity index is 361. The molecule has 1 aliphatic rings. The van der Waals surface area contributed by atoms with Crippen molar-refractivity contribution in [1.29, 1.82) is 0 Å². The van der Waals surface area contributed by atoms with E-state index < -0.39 is 0 Å². The summed E-state index contributed by atoms with van der Waals surface area (Å²) in [5.41, 5.74) is 0.655. The Labute approximate surface area is 112 Å². The Balaban J connectivity index is 0.00000144. The van der Waals surface area contributed by atoms with Crippen LogP contribution >= 0.6 is 24.0 Å². The lowest BCUT2D eigenvalue weighted by Crippen LogP contribution is -2.37. The number of amides is 1. The standard InChI is InChI=1S/C12H15ClN2O.ClH/c13-10-5-3-9(4-6-10)12(16)15-8-11-2-1-7-14-11;/h3-6,11,14H,1-2,7-8H2,(H,15,16);1H. The lowest BCUT2D eigenvalue weighted by atomic mass is 10.2. The minimum absolute atomic E-state index is 0. The van der Waals surface area contributed by atoms with Gasteiger partial charge in [0.2, 0.25) is 0 Å². The Hall–Kier alpha value is -0.770. The molecule has 1 saturated heterocycles. The van der Waals surface area contributed by atoms with E-state index in [4.69, 9.17) is 11.6 Å². The number of benzene rings is 1. The van der Waals surface area contributed by atoms with Crippen LogP contribution in [0.15, 0.2) is 24.3 Å². The van der Waals surface area contributed by atoms with Gasteiger partial charge >= 0.3 is 0 Å². The molecule has 0 spiro atoms. The van der Waals surface area contributed by atoms with Gasteiger partial charge < -0.3 is 10.6 Å². The lowest BCUT2D eigenvalue weighted by Gasteiger charge is -2.11. The summed E-state index contributed by atoms with van der Waals surface area (Å²) in [4.78, 5) is 11.7. The highest BCUT2D eigenvalue weighted by Crippen LogP contribution is 2.09. The Morgan fingerprint density at radius 1 is 1.41 bits per heavy atom. The molecule has 17 heavy (non-hydrogen) atoms. The van der Waals surface area contributed by atoms with E-state index in [9.17, 15) is 4.79 Å². The predicted molar refractivity (Wildman–Crippen MR) is 72.1 cm³/mol. The molecule has 0 aliphatic carbocycles. The first kappa shape index (κ1) is 14.3. The normalized spacial score (nSPS) is 18.5. The van der Waals surface area contributed by atoms with Gasteiger partial charge in [0.15, 0.2) is 0 Å². The first-order chi connectivity index (χ1) is 7.75. The molecule has 94 valence electrons. The minimum Gasteiger partial charge on any atom is -0.350 e. The smallest absolute Gasteiger partial charge is 0.251 e. The van der Waals surface area contributed by atoms with Crippen LogP contribution in [0.2, 0.25) is 5.02 Å². The molecule has 1 aliphatic heterocycles. The zero-order valence-corrected chi connectivity index (χ0v) is 11.0. The average Bonchev–Trinajstić information content (AvgIpc) is 2.80. The van der Waals surface area contributed by atoms with E-state index in [1.165, 1.54) is 6.42 Å². The Morgan fingerprint density at radius 3 is 2.71 bits per heavy atom. The molecule has 1 fully saturated rings. The fourth-order valence-electron chi connectivity index (χ4n) is 1.85. The van der Waals surface area contributed by atoms with Gasteiger partial charge in [-0.15, -0.1) is 12.4 Å². The quantitative estimate of drug-likeness (QED) is 0.888. The molecule has 5 heteroatoms. The van der Waals surface area contributed by atoms with Crippen LogP contribution in [0.4, 0.5) is 0 Å². The van der Waals surface area contributed by atoms with Gasteiger partial charge in [-0.25, -0.2) is 0 Å². The first-order valence-corrected chi connectivity index (χ1v) is 5.90. The zero-order chi connectivity index (χ0) is 11.4. The summed E-state index contributed by atoms with van der Waals surface area (Å²) >= 11 is 5.76. The molecule has 0 bridgehead atoms. The van der Waals surface area contributed by atoms with Crippen molar-refractivity contribution in [3.8, 4) is 0 Å². The number of hydrogen-bond acceptors (Lipinski definition) is 2. The van der Waals surface area contributed by atoms with Gasteiger partial charge in [-0.1, -0.05) is 11.6 Å². The molecular formula is C12H16Cl2N2O. The summed E-state index contributed by atoms with van der Waals surface area (Å²) in [6.07, 6.45) is 2.34. The molecule has 1 atom stereocenters. The molecular weight excluding hydrogens is 259 g/mol. The number of hydrogen-bond donors (Lipinski definition) is 2. The third-order valence-corrected chi connectivity index (χ3v) is 3.03. The maximum Gasteiger partial charge on any atom is 0.251 e. The van der Waals surface area contributed by atoms with E-state index in [2.05, 4.69) is 10.6 Å². The summed E-state index contributed by atoms with van der Waals surface area (Å²) in [7, 11) is 0. The van der Waals surface area contributed by atoms with Crippen molar-refractivity contribution in [2.24, 2.45) is 0 Å². The van der Waals surface area contributed by atoms with Crippen LogP contribution in [0.3, 0.4) is 0 Å². The second-order valence-electron chi connectivity index (χ2n) is 4.01. The van der Waals surface area contributed by atoms with Crippen molar-refractivity contribution >= 4 is 29.9 Å². The van der Waals surface area contributed by atoms with Gasteiger partial charge in [0, 0.05) is 23.2 Å². The van der Waals surface area contributed by atoms with E-state index in [1.54, 1.807) is 24.3 Å². The van der Waals surface area contributed by atoms with Crippen LogP contribution in [0.1, 0.15) is 23.2 Å². The topological polar surface area (TPSA) is 41.1 Å². The number of carbonyl (C=O) groups excluding carboxylic acids is 1. The monoisotopic (exact) mass is 274 g/mol. The largest absolute Gasteiger partial charge is 0.350 e. The summed E-state index contributed by atoms with van der Waals surface area (Å²) in [5.74, 6) is -0.0367. The fourth-order valence-corrected chi connectivity index (χ4v) is 1.98. The number of halogens is 2. The van der Waals surface area contributed by atoms with Crippen LogP contribution in [0.25, 0.3) is 0 Å². The molecule has 1 unspecified atom stereocenters. The van der Waals surface area contributed by atoms with Gasteiger partial charge in [-0.3, -0.25) is 4.79 Å². The summed E-state index contributed by atoms with van der Waals surface area (Å²) in [6.45, 7) is 1.75. The van der Waals surface area contributed by atoms with Gasteiger partial charge in [-0.05, 0) is 43.7 Å². The third kappa shape index (κ3) is 4.19. The van der Waals surface area contributed by atoms with Crippen molar-refractivity contribution in [2.45, 2.75) is 18.9 Å². The zero-order valence-electron chi connectivity index (χ0n) is 9.41. The van der Waals surface area contributed by atoms with Crippen LogP contribution in [0, 0.1) is 0 Å². The minimum atomic E-state index is -0.0367. The Morgan fingerprint density at radius 2 is 2.12 bits per heavy atom. The highest BCUT2D eigenvalue weighted by Gasteiger charge is 2.14. The molecule has 1 aromatic rings. The third-order valence-electron chi connectivity index (χ3n) is 2.78. The number of carbonyl (C=O) groups is 1. The van der Waals surface area contributed by atoms with Crippen molar-refractivity contribution in [2.75, 3.05) is 13.1 Å². The van der Waals surface area contributed by atoms with E-state index in [1.807, 2.05) is 0 Å². The predicted octanol–water partition coefficient (Wildman–Crippen LogP) is 2.24. The van der Waals surface area contributed by atoms with Gasteiger partial charge in [-0.2, -0.15) is 0 Å². The number of nitrogens with one attached hydrogen (secondary N) is 2. The molecule has 1 heterocycles. The van der Waals surface area contributed by atoms with Crippen LogP contribution in [-0.2, 0) is 0 Å². The summed E-state index contributed by atoms with van der Waals surface area (Å²) < 4.78 is 0. The van der Waals surface area contributed by atoms with E-state index in [-0.39, 0.29) is 18.3 Å². The van der Waals surface area contributed by atoms with Crippen LogP contribution < -0.4 is 10.6 Å². The van der Waals surface area contributed by atoms with Crippen molar-refractivity contribution in [1.82, 2.24) is 10.6 Å². The summed E-state index contributed by atoms with van der Waals surface area (Å²) in [5, 5.41) is 6.90. The van der Waals surface area contributed by atoms with Crippen molar-refractivity contribution < 1.29 is 4.79 Å². The number of rotatable bonds is 3. The highest BCUT2D eigenvalue weighted by atomic mass is 35.5. The van der Waals surface area contributed by atoms with Gasteiger partial charge in [0.25, 0.3) is 5.91 Å². The van der Waals surface area contributed by atoms with Crippen molar-refractivity contribution in [3.05, 3.63) is 34.9 Å². The van der Waals surface area contributed by atoms with Crippen molar-refractivity contribution in [3.63, 3.8) is 0 Å². The molecule has 2 rings (SSSR count). The van der Waals surface area contributed by atoms with Crippen LogP contribution in [-0.4, -0.2) is 25.0 Å². The maximum atomic E-state index is 11.7. The molecule has 0 radical (unpaired) electrons. The van der Waals surface area contributed by atoms with E-state index in [0.29, 0.717) is 23.2 Å². The van der Waals surface area contributed by atoms with E-state index in [0.717, 1.165) is 13.0 Å². The highest BCUT2D eigenvalue weighted by molar-refractivity contribution is 6.30. The van der Waals surface area contributed by atoms with E-state index >= 15 is 0 Å². The molecule has 1 aromatic carbocycles. The lowest BCUT2D eigenvalue weighted by molar-refractivity contribution is 0.0950. The van der Waals surface area contributed by atoms with Crippen LogP contribution in [0.5, 0.6) is 0 Å². The SMILES string of the molecule is Cl.O=C(NCC1CCCN1)c1ccc(Cl)cc1. The van der Waals surface area contributed by atoms with Gasteiger partial charge in [0.05, 0.1) is 0 Å². The fraction of sp³-hybridized carbons (Fsp3) is 0.417. The molecule has 0 aromatic heterocycles. The first-order valence-electron chi connectivity index (χ1n) is 5.53. The summed E-state index contributed by atoms with van der Waals surface area (Å²) in [6, 6.07) is 7.35. The van der Waals surface area contributed by atoms with Gasteiger partial charge in [0.1, 0.15) is 0 Å². The molecule has 0 saturated carbocycles. The second-order valence-corrected chi connectivity index (χ2v) is 4.45. The molecule has 1 amide bonds. The molecule has 3 nitrogen and oxygen atoms in total.